The van der Waals surface area contributed by atoms with Crippen molar-refractivity contribution in [3.63, 3.8) is 0 Å². The highest BCUT2D eigenvalue weighted by Gasteiger charge is 2.53. The van der Waals surface area contributed by atoms with Gasteiger partial charge in [0, 0.05) is 17.1 Å². The van der Waals surface area contributed by atoms with E-state index in [2.05, 4.69) is 17.6 Å². The summed E-state index contributed by atoms with van der Waals surface area (Å²) in [6, 6.07) is 13.7. The lowest BCUT2D eigenvalue weighted by molar-refractivity contribution is -0.138. The summed E-state index contributed by atoms with van der Waals surface area (Å²) in [6.45, 7) is 2.11. The molecule has 0 aromatic heterocycles. The van der Waals surface area contributed by atoms with Gasteiger partial charge in [-0.25, -0.2) is 0 Å². The lowest BCUT2D eigenvalue weighted by atomic mass is 9.48. The smallest absolute Gasteiger partial charge is 0.313 e. The monoisotopic (exact) mass is 376 g/mol. The Morgan fingerprint density at radius 3 is 2.18 bits per heavy atom. The van der Waals surface area contributed by atoms with E-state index in [4.69, 9.17) is 0 Å². The summed E-state index contributed by atoms with van der Waals surface area (Å²) in [4.78, 5) is 25.3. The van der Waals surface area contributed by atoms with Gasteiger partial charge in [0.05, 0.1) is 0 Å². The normalized spacial score (nSPS) is 31.5. The Morgan fingerprint density at radius 1 is 0.893 bits per heavy atom. The van der Waals surface area contributed by atoms with Gasteiger partial charge in [-0.1, -0.05) is 36.4 Å². The molecule has 2 amide bonds. The van der Waals surface area contributed by atoms with Gasteiger partial charge in [0.25, 0.3) is 0 Å². The number of carbonyl (C=O) groups is 2. The van der Waals surface area contributed by atoms with Crippen molar-refractivity contribution in [3.05, 3.63) is 42.5 Å². The zero-order chi connectivity index (χ0) is 19.3. The Kier molecular flexibility index (Phi) is 4.18. The van der Waals surface area contributed by atoms with Crippen LogP contribution in [-0.4, -0.2) is 17.9 Å². The summed E-state index contributed by atoms with van der Waals surface area (Å²) in [6.07, 6.45) is 7.77. The molecule has 0 aliphatic heterocycles. The molecule has 2 aromatic rings. The molecule has 28 heavy (non-hydrogen) atoms. The van der Waals surface area contributed by atoms with E-state index in [0.717, 1.165) is 28.5 Å². The first-order valence-electron chi connectivity index (χ1n) is 10.6. The van der Waals surface area contributed by atoms with Gasteiger partial charge in [-0.15, -0.1) is 0 Å². The van der Waals surface area contributed by atoms with Crippen LogP contribution in [0.1, 0.15) is 45.4 Å². The Morgan fingerprint density at radius 2 is 1.50 bits per heavy atom. The van der Waals surface area contributed by atoms with Crippen molar-refractivity contribution < 1.29 is 9.59 Å². The van der Waals surface area contributed by atoms with Crippen LogP contribution in [0.25, 0.3) is 10.8 Å². The lowest BCUT2D eigenvalue weighted by Gasteiger charge is -2.59. The van der Waals surface area contributed by atoms with Gasteiger partial charge >= 0.3 is 11.8 Å². The molecule has 146 valence electrons. The number of amides is 2. The Hall–Kier alpha value is -2.36. The van der Waals surface area contributed by atoms with Crippen molar-refractivity contribution in [2.45, 2.75) is 51.5 Å². The minimum Gasteiger partial charge on any atom is -0.345 e. The van der Waals surface area contributed by atoms with Crippen LogP contribution in [0.3, 0.4) is 0 Å². The maximum absolute atomic E-state index is 12.7. The molecular weight excluding hydrogens is 348 g/mol. The van der Waals surface area contributed by atoms with Gasteiger partial charge < -0.3 is 10.6 Å². The summed E-state index contributed by atoms with van der Waals surface area (Å²) in [5, 5.41) is 7.86. The van der Waals surface area contributed by atoms with Crippen LogP contribution in [0.5, 0.6) is 0 Å². The van der Waals surface area contributed by atoms with Crippen LogP contribution in [-0.2, 0) is 9.59 Å². The molecule has 1 atom stereocenters. The van der Waals surface area contributed by atoms with Crippen LogP contribution in [0.4, 0.5) is 5.69 Å². The molecular formula is C24H28N2O2. The van der Waals surface area contributed by atoms with Crippen LogP contribution in [0.15, 0.2) is 42.5 Å². The van der Waals surface area contributed by atoms with Gasteiger partial charge in [0.1, 0.15) is 0 Å². The predicted octanol–water partition coefficient (Wildman–Crippen LogP) is 4.50. The minimum absolute atomic E-state index is 0.0478. The number of anilines is 1. The number of benzene rings is 2. The van der Waals surface area contributed by atoms with Gasteiger partial charge in [-0.2, -0.15) is 0 Å². The van der Waals surface area contributed by atoms with Gasteiger partial charge in [0.2, 0.25) is 0 Å². The maximum atomic E-state index is 12.7. The third-order valence-electron chi connectivity index (χ3n) is 7.60. The topological polar surface area (TPSA) is 58.2 Å². The van der Waals surface area contributed by atoms with Crippen molar-refractivity contribution in [1.29, 1.82) is 0 Å². The quantitative estimate of drug-likeness (QED) is 0.775. The van der Waals surface area contributed by atoms with Gasteiger partial charge in [-0.05, 0) is 80.1 Å². The molecule has 6 rings (SSSR count). The highest BCUT2D eigenvalue weighted by Crippen LogP contribution is 2.61. The van der Waals surface area contributed by atoms with Crippen LogP contribution < -0.4 is 10.6 Å². The van der Waals surface area contributed by atoms with E-state index in [1.54, 1.807) is 0 Å². The lowest BCUT2D eigenvalue weighted by Crippen LogP contribution is -2.57. The summed E-state index contributed by atoms with van der Waals surface area (Å²) in [5.41, 5.74) is 0.880. The van der Waals surface area contributed by atoms with E-state index < -0.39 is 11.8 Å². The number of hydrogen-bond donors (Lipinski definition) is 2. The molecule has 0 heterocycles. The molecule has 0 saturated heterocycles. The fourth-order valence-electron chi connectivity index (χ4n) is 6.64. The van der Waals surface area contributed by atoms with Crippen molar-refractivity contribution >= 4 is 28.3 Å². The Bertz CT molecular complexity index is 895. The van der Waals surface area contributed by atoms with E-state index in [1.807, 2.05) is 42.5 Å². The van der Waals surface area contributed by atoms with E-state index in [9.17, 15) is 9.59 Å². The highest BCUT2D eigenvalue weighted by molar-refractivity contribution is 6.40. The van der Waals surface area contributed by atoms with Crippen molar-refractivity contribution in [3.8, 4) is 0 Å². The molecule has 2 aromatic carbocycles. The summed E-state index contributed by atoms with van der Waals surface area (Å²) in [5.74, 6) is 1.39. The number of rotatable bonds is 3. The van der Waals surface area contributed by atoms with Crippen molar-refractivity contribution in [2.75, 3.05) is 5.32 Å². The van der Waals surface area contributed by atoms with E-state index in [-0.39, 0.29) is 11.5 Å². The Labute approximate surface area is 166 Å². The molecule has 4 aliphatic rings. The van der Waals surface area contributed by atoms with Gasteiger partial charge in [-0.3, -0.25) is 9.59 Å². The molecule has 4 aliphatic carbocycles. The third kappa shape index (κ3) is 2.99. The van der Waals surface area contributed by atoms with E-state index in [1.165, 1.54) is 38.5 Å². The number of nitrogens with one attached hydrogen (secondary N) is 2. The van der Waals surface area contributed by atoms with E-state index >= 15 is 0 Å². The highest BCUT2D eigenvalue weighted by atomic mass is 16.2. The third-order valence-corrected chi connectivity index (χ3v) is 7.60. The van der Waals surface area contributed by atoms with E-state index in [0.29, 0.717) is 5.69 Å². The molecule has 4 saturated carbocycles. The standard InChI is InChI=1S/C24H28N2O2/c1-15(24-12-16-9-17(13-24)11-18(10-16)14-24)25-22(27)23(28)26-21-8-4-6-19-5-2-3-7-20(19)21/h2-8,15-18H,9-14H2,1H3,(H,25,27)(H,26,28). The largest absolute Gasteiger partial charge is 0.345 e. The van der Waals surface area contributed by atoms with Crippen LogP contribution in [0, 0.1) is 23.2 Å². The average Bonchev–Trinajstić information content (AvgIpc) is 2.67. The second-order valence-electron chi connectivity index (χ2n) is 9.46. The molecule has 0 spiro atoms. The fourth-order valence-corrected chi connectivity index (χ4v) is 6.64. The molecule has 1 unspecified atom stereocenters. The number of fused-ring (bicyclic) bond motifs is 1. The molecule has 4 bridgehead atoms. The average molecular weight is 377 g/mol. The Balaban J connectivity index is 1.28. The van der Waals surface area contributed by atoms with Crippen molar-refractivity contribution in [1.82, 2.24) is 5.32 Å². The maximum Gasteiger partial charge on any atom is 0.313 e. The first-order chi connectivity index (χ1) is 13.5. The first-order valence-corrected chi connectivity index (χ1v) is 10.6. The molecule has 4 nitrogen and oxygen atoms in total. The zero-order valence-electron chi connectivity index (χ0n) is 16.4. The SMILES string of the molecule is CC(NC(=O)C(=O)Nc1cccc2ccccc12)C12CC3CC(CC(C3)C1)C2. The van der Waals surface area contributed by atoms with Crippen LogP contribution >= 0.6 is 0 Å². The molecule has 0 radical (unpaired) electrons. The number of hydrogen-bond acceptors (Lipinski definition) is 2. The molecule has 2 N–H and O–H groups in total. The summed E-state index contributed by atoms with van der Waals surface area (Å²) < 4.78 is 0. The molecule has 4 fully saturated rings. The van der Waals surface area contributed by atoms with Crippen LogP contribution in [0.2, 0.25) is 0 Å². The minimum atomic E-state index is -0.576. The van der Waals surface area contributed by atoms with Crippen molar-refractivity contribution in [2.24, 2.45) is 23.2 Å². The predicted molar refractivity (Wildman–Crippen MR) is 111 cm³/mol. The van der Waals surface area contributed by atoms with Gasteiger partial charge in [0.15, 0.2) is 0 Å². The second kappa shape index (κ2) is 6.61. The first kappa shape index (κ1) is 17.7. The number of carbonyl (C=O) groups excluding carboxylic acids is 2. The second-order valence-corrected chi connectivity index (χ2v) is 9.46. The molecule has 4 heteroatoms. The summed E-state index contributed by atoms with van der Waals surface area (Å²) in [7, 11) is 0. The zero-order valence-corrected chi connectivity index (χ0v) is 16.4. The fraction of sp³-hybridized carbons (Fsp3) is 0.500. The summed E-state index contributed by atoms with van der Waals surface area (Å²) >= 11 is 0.